The molecule has 0 aliphatic carbocycles. The van der Waals surface area contributed by atoms with Crippen molar-refractivity contribution in [2.45, 2.75) is 31.0 Å². The summed E-state index contributed by atoms with van der Waals surface area (Å²) in [4.78, 5) is 12.9. The summed E-state index contributed by atoms with van der Waals surface area (Å²) in [5.41, 5.74) is 1.03. The fraction of sp³-hybridized carbons (Fsp3) is 0.240. The molecule has 0 saturated heterocycles. The molecule has 4 unspecified atom stereocenters. The summed E-state index contributed by atoms with van der Waals surface area (Å²) >= 11 is 0. The van der Waals surface area contributed by atoms with E-state index in [9.17, 15) is 35.4 Å². The lowest BCUT2D eigenvalue weighted by molar-refractivity contribution is -0.137. The molecule has 0 radical (unpaired) electrons. The summed E-state index contributed by atoms with van der Waals surface area (Å²) in [5, 5.41) is 59.5. The number of aliphatic hydroxyl groups is 3. The molecule has 2 heterocycles. The van der Waals surface area contributed by atoms with Crippen molar-refractivity contribution in [2.24, 2.45) is 0 Å². The van der Waals surface area contributed by atoms with E-state index in [-0.39, 0.29) is 40.7 Å². The average molecular weight is 482 g/mol. The van der Waals surface area contributed by atoms with Gasteiger partial charge in [-0.05, 0) is 29.8 Å². The summed E-state index contributed by atoms with van der Waals surface area (Å²) in [7, 11) is 0. The zero-order valence-electron chi connectivity index (χ0n) is 18.2. The second-order valence-corrected chi connectivity index (χ2v) is 8.31. The fourth-order valence-electron chi connectivity index (χ4n) is 4.31. The van der Waals surface area contributed by atoms with Crippen LogP contribution in [0.2, 0.25) is 0 Å². The molecule has 0 spiro atoms. The van der Waals surface area contributed by atoms with Gasteiger partial charge in [0.05, 0.1) is 18.8 Å². The van der Waals surface area contributed by atoms with Crippen molar-refractivity contribution >= 4 is 5.78 Å². The number of benzene rings is 3. The Morgan fingerprint density at radius 3 is 2.29 bits per heavy atom. The van der Waals surface area contributed by atoms with Crippen LogP contribution in [0.15, 0.2) is 48.5 Å². The highest BCUT2D eigenvalue weighted by Crippen LogP contribution is 2.47. The van der Waals surface area contributed by atoms with Crippen LogP contribution in [0.25, 0.3) is 0 Å². The van der Waals surface area contributed by atoms with E-state index in [4.69, 9.17) is 14.2 Å². The number of hydrogen-bond donors (Lipinski definition) is 6. The molecule has 10 nitrogen and oxygen atoms in total. The third kappa shape index (κ3) is 3.87. The van der Waals surface area contributed by atoms with Crippen molar-refractivity contribution in [1.82, 2.24) is 0 Å². The molecule has 0 aromatic heterocycles. The molecule has 6 N–H and O–H groups in total. The maximum Gasteiger partial charge on any atom is 0.211 e. The third-order valence-corrected chi connectivity index (χ3v) is 6.07. The van der Waals surface area contributed by atoms with Gasteiger partial charge in [-0.25, -0.2) is 0 Å². The molecule has 0 fully saturated rings. The van der Waals surface area contributed by atoms with Gasteiger partial charge in [0.15, 0.2) is 29.8 Å². The highest BCUT2D eigenvalue weighted by Gasteiger charge is 2.40. The lowest BCUT2D eigenvalue weighted by Gasteiger charge is -2.34. The van der Waals surface area contributed by atoms with Gasteiger partial charge in [0.25, 0.3) is 0 Å². The summed E-state index contributed by atoms with van der Waals surface area (Å²) in [6, 6.07) is 11.3. The number of aromatic hydroxyl groups is 3. The number of ketones is 1. The monoisotopic (exact) mass is 482 g/mol. The molecule has 182 valence electrons. The minimum Gasteiger partial charge on any atom is -0.508 e. The first-order chi connectivity index (χ1) is 16.8. The summed E-state index contributed by atoms with van der Waals surface area (Å²) in [6.07, 6.45) is -4.50. The number of hydrogen-bond acceptors (Lipinski definition) is 10. The predicted octanol–water partition coefficient (Wildman–Crippen LogP) is 1.91. The Labute approximate surface area is 198 Å². The Morgan fingerprint density at radius 1 is 0.771 bits per heavy atom. The summed E-state index contributed by atoms with van der Waals surface area (Å²) < 4.78 is 17.7. The Bertz CT molecular complexity index is 1300. The van der Waals surface area contributed by atoms with E-state index in [2.05, 4.69) is 0 Å². The minimum atomic E-state index is -1.67. The molecule has 0 amide bonds. The van der Waals surface area contributed by atoms with Crippen LogP contribution < -0.4 is 14.2 Å². The maximum absolute atomic E-state index is 12.9. The first-order valence-corrected chi connectivity index (χ1v) is 10.8. The molecule has 5 rings (SSSR count). The first kappa shape index (κ1) is 22.8. The van der Waals surface area contributed by atoms with E-state index in [0.717, 1.165) is 6.07 Å². The molecule has 0 bridgehead atoms. The van der Waals surface area contributed by atoms with E-state index in [1.165, 1.54) is 24.3 Å². The van der Waals surface area contributed by atoms with Gasteiger partial charge in [0.2, 0.25) is 5.78 Å². The number of rotatable bonds is 4. The number of phenols is 3. The minimum absolute atomic E-state index is 0.0339. The van der Waals surface area contributed by atoms with Crippen LogP contribution in [0, 0.1) is 0 Å². The number of ether oxygens (including phenoxy) is 3. The number of aliphatic hydroxyl groups excluding tert-OH is 3. The normalized spacial score (nSPS) is 22.9. The van der Waals surface area contributed by atoms with Crippen molar-refractivity contribution in [3.63, 3.8) is 0 Å². The number of carbonyl (C=O) groups is 1. The molecular formula is C25H22O10. The maximum atomic E-state index is 12.9. The number of phenolic OH excluding ortho intramolecular Hbond substituents is 2. The quantitative estimate of drug-likeness (QED) is 0.323. The second-order valence-electron chi connectivity index (χ2n) is 8.31. The van der Waals surface area contributed by atoms with Gasteiger partial charge < -0.3 is 44.8 Å². The van der Waals surface area contributed by atoms with E-state index >= 15 is 0 Å². The SMILES string of the molecule is O=C1C(O)c2c(O)cc(O)cc2OC1c1ccc2c(c1)OC(c1ccc(O)c(CO)c1)C(CO)O2. The van der Waals surface area contributed by atoms with Crippen LogP contribution >= 0.6 is 0 Å². The molecular weight excluding hydrogens is 460 g/mol. The standard InChI is InChI=1S/C25H22O10/c26-9-13-5-11(1-3-15(13)29)24-20(10-27)33-17-4-2-12(6-18(17)34-24)25-23(32)22(31)21-16(30)7-14(28)8-19(21)35-25/h1-8,20,22,24-31H,9-10H2. The lowest BCUT2D eigenvalue weighted by atomic mass is 9.92. The van der Waals surface area contributed by atoms with Crippen molar-refractivity contribution in [2.75, 3.05) is 6.61 Å². The van der Waals surface area contributed by atoms with E-state index in [1.807, 2.05) is 0 Å². The van der Waals surface area contributed by atoms with Crippen LogP contribution in [0.5, 0.6) is 34.5 Å². The van der Waals surface area contributed by atoms with Crippen LogP contribution in [-0.2, 0) is 11.4 Å². The van der Waals surface area contributed by atoms with Gasteiger partial charge >= 0.3 is 0 Å². The van der Waals surface area contributed by atoms with Gasteiger partial charge in [0.1, 0.15) is 29.1 Å². The Hall–Kier alpha value is -3.99. The van der Waals surface area contributed by atoms with Crippen molar-refractivity contribution < 1.29 is 49.6 Å². The predicted molar refractivity (Wildman–Crippen MR) is 118 cm³/mol. The molecule has 2 aliphatic heterocycles. The topological polar surface area (TPSA) is 166 Å². The van der Waals surface area contributed by atoms with Gasteiger partial charge in [0, 0.05) is 23.3 Å². The van der Waals surface area contributed by atoms with Crippen LogP contribution in [0.1, 0.15) is 40.6 Å². The average Bonchev–Trinajstić information content (AvgIpc) is 2.85. The van der Waals surface area contributed by atoms with E-state index < -0.39 is 42.6 Å². The van der Waals surface area contributed by atoms with Crippen molar-refractivity contribution in [3.8, 4) is 34.5 Å². The van der Waals surface area contributed by atoms with Gasteiger partial charge in [-0.2, -0.15) is 0 Å². The van der Waals surface area contributed by atoms with Gasteiger partial charge in [-0.3, -0.25) is 4.79 Å². The summed E-state index contributed by atoms with van der Waals surface area (Å²) in [6.45, 7) is -0.769. The molecule has 35 heavy (non-hydrogen) atoms. The second kappa shape index (κ2) is 8.66. The van der Waals surface area contributed by atoms with Gasteiger partial charge in [-0.15, -0.1) is 0 Å². The number of fused-ring (bicyclic) bond motifs is 2. The smallest absolute Gasteiger partial charge is 0.211 e. The van der Waals surface area contributed by atoms with E-state index in [1.54, 1.807) is 18.2 Å². The van der Waals surface area contributed by atoms with E-state index in [0.29, 0.717) is 16.9 Å². The zero-order valence-corrected chi connectivity index (χ0v) is 18.2. The zero-order chi connectivity index (χ0) is 24.9. The van der Waals surface area contributed by atoms with Crippen molar-refractivity contribution in [1.29, 1.82) is 0 Å². The lowest BCUT2D eigenvalue weighted by Crippen LogP contribution is -2.36. The largest absolute Gasteiger partial charge is 0.508 e. The Morgan fingerprint density at radius 2 is 1.54 bits per heavy atom. The van der Waals surface area contributed by atoms with Gasteiger partial charge in [-0.1, -0.05) is 12.1 Å². The van der Waals surface area contributed by atoms with Crippen LogP contribution in [0.4, 0.5) is 0 Å². The first-order valence-electron chi connectivity index (χ1n) is 10.8. The van der Waals surface area contributed by atoms with Crippen molar-refractivity contribution in [3.05, 3.63) is 70.8 Å². The third-order valence-electron chi connectivity index (χ3n) is 6.07. The fourth-order valence-corrected chi connectivity index (χ4v) is 4.31. The highest BCUT2D eigenvalue weighted by atomic mass is 16.6. The van der Waals surface area contributed by atoms with Crippen LogP contribution in [0.3, 0.4) is 0 Å². The molecule has 2 aliphatic rings. The Balaban J connectivity index is 1.49. The number of carbonyl (C=O) groups excluding carboxylic acids is 1. The molecule has 4 atom stereocenters. The molecule has 3 aromatic rings. The number of Topliss-reactive ketones (excluding diaryl/α,β-unsaturated/α-hetero) is 1. The highest BCUT2D eigenvalue weighted by molar-refractivity contribution is 5.92. The molecule has 0 saturated carbocycles. The Kier molecular flexibility index (Phi) is 5.64. The molecule has 10 heteroatoms. The summed E-state index contributed by atoms with van der Waals surface area (Å²) in [5.74, 6) is -1.04. The van der Waals surface area contributed by atoms with Crippen LogP contribution in [-0.4, -0.2) is 49.1 Å². The molecule has 3 aromatic carbocycles.